The van der Waals surface area contributed by atoms with Gasteiger partial charge in [-0.1, -0.05) is 58.0 Å². The monoisotopic (exact) mass is 748 g/mol. The fourth-order valence-corrected chi connectivity index (χ4v) is 5.10. The van der Waals surface area contributed by atoms with E-state index in [1.54, 1.807) is 44.2 Å². The number of rotatable bonds is 24. The summed E-state index contributed by atoms with van der Waals surface area (Å²) in [4.78, 5) is 93.9. The number of carbonyl (C=O) groups is 7. The average Bonchev–Trinajstić information content (AvgIpc) is 3.07. The summed E-state index contributed by atoms with van der Waals surface area (Å²) in [5.41, 5.74) is 22.0. The molecule has 6 atom stereocenters. The molecule has 0 radical (unpaired) electrons. The van der Waals surface area contributed by atoms with Crippen LogP contribution in [0.15, 0.2) is 35.3 Å². The first kappa shape index (κ1) is 45.7. The molecule has 0 aliphatic carbocycles. The number of nitrogens with one attached hydrogen (secondary N) is 5. The van der Waals surface area contributed by atoms with Crippen LogP contribution in [0.4, 0.5) is 0 Å². The first-order valence-corrected chi connectivity index (χ1v) is 17.3. The van der Waals surface area contributed by atoms with Gasteiger partial charge in [-0.2, -0.15) is 0 Å². The van der Waals surface area contributed by atoms with E-state index in [2.05, 4.69) is 31.6 Å². The fraction of sp³-hybridized carbons (Fsp3) is 0.588. The number of guanidine groups is 1. The normalized spacial score (nSPS) is 14.4. The van der Waals surface area contributed by atoms with Gasteiger partial charge in [0.05, 0.1) is 6.42 Å². The highest BCUT2D eigenvalue weighted by Gasteiger charge is 2.33. The topological polar surface area (TPSA) is 337 Å². The number of amides is 6. The van der Waals surface area contributed by atoms with Gasteiger partial charge in [0.2, 0.25) is 29.5 Å². The Bertz CT molecular complexity index is 1420. The van der Waals surface area contributed by atoms with Crippen LogP contribution in [0.25, 0.3) is 0 Å². The number of nitrogens with two attached hydrogens (primary N) is 4. The number of carboxylic acid groups (broad SMARTS) is 1. The zero-order valence-corrected chi connectivity index (χ0v) is 30.7. The molecule has 0 bridgehead atoms. The molecule has 0 heterocycles. The number of carbonyl (C=O) groups excluding carboxylic acids is 6. The molecule has 15 N–H and O–H groups in total. The van der Waals surface area contributed by atoms with Gasteiger partial charge in [0.15, 0.2) is 5.96 Å². The summed E-state index contributed by atoms with van der Waals surface area (Å²) < 4.78 is 0. The zero-order chi connectivity index (χ0) is 40.2. The third-order valence-corrected chi connectivity index (χ3v) is 7.72. The smallest absolute Gasteiger partial charge is 0.326 e. The SMILES string of the molecule is CC(C)C[C@H](NC(=O)[C@H](Cc1ccccc1)NC(=O)[C@H](O)CN)C(=O)N[C@H](CC(C)C)C(=O)N[C@H](CCCN=C(N)N)C(=O)N[C@@H](CC(N)=O)C(=O)O. The van der Waals surface area contributed by atoms with Crippen molar-refractivity contribution in [3.05, 3.63) is 35.9 Å². The molecular formula is C34H56N10O9. The van der Waals surface area contributed by atoms with Crippen LogP contribution in [-0.2, 0) is 40.0 Å². The van der Waals surface area contributed by atoms with Gasteiger partial charge in [-0.05, 0) is 43.1 Å². The van der Waals surface area contributed by atoms with Crippen molar-refractivity contribution in [2.24, 2.45) is 39.8 Å². The van der Waals surface area contributed by atoms with Crippen molar-refractivity contribution in [1.82, 2.24) is 26.6 Å². The first-order chi connectivity index (χ1) is 24.8. The minimum atomic E-state index is -1.67. The Morgan fingerprint density at radius 3 is 1.58 bits per heavy atom. The molecule has 0 unspecified atom stereocenters. The zero-order valence-electron chi connectivity index (χ0n) is 30.7. The van der Waals surface area contributed by atoms with Crippen LogP contribution in [-0.4, -0.2) is 107 Å². The van der Waals surface area contributed by atoms with Gasteiger partial charge in [0.1, 0.15) is 36.3 Å². The molecule has 296 valence electrons. The maximum absolute atomic E-state index is 13.8. The van der Waals surface area contributed by atoms with E-state index in [0.717, 1.165) is 0 Å². The highest BCUT2D eigenvalue weighted by Crippen LogP contribution is 2.12. The molecule has 0 aliphatic rings. The lowest BCUT2D eigenvalue weighted by atomic mass is 9.98. The summed E-state index contributed by atoms with van der Waals surface area (Å²) in [6.45, 7) is 6.93. The number of aliphatic imine (C=N–C) groups is 1. The quantitative estimate of drug-likeness (QED) is 0.0288. The van der Waals surface area contributed by atoms with E-state index in [-0.39, 0.29) is 63.0 Å². The molecule has 0 spiro atoms. The van der Waals surface area contributed by atoms with Gasteiger partial charge >= 0.3 is 5.97 Å². The molecule has 1 rings (SSSR count). The third kappa shape index (κ3) is 18.2. The summed E-state index contributed by atoms with van der Waals surface area (Å²) in [6, 6.07) is 2.16. The second-order valence-corrected chi connectivity index (χ2v) is 13.5. The van der Waals surface area contributed by atoms with Crippen molar-refractivity contribution in [3.8, 4) is 0 Å². The van der Waals surface area contributed by atoms with Gasteiger partial charge in [-0.25, -0.2) is 4.79 Å². The number of aliphatic carboxylic acids is 1. The molecule has 1 aromatic rings. The summed E-state index contributed by atoms with van der Waals surface area (Å²) in [7, 11) is 0. The number of carboxylic acids is 1. The Morgan fingerprint density at radius 2 is 1.13 bits per heavy atom. The van der Waals surface area contributed by atoms with Crippen LogP contribution in [0.2, 0.25) is 0 Å². The lowest BCUT2D eigenvalue weighted by molar-refractivity contribution is -0.143. The highest BCUT2D eigenvalue weighted by molar-refractivity contribution is 5.96. The lowest BCUT2D eigenvalue weighted by Gasteiger charge is -2.28. The second-order valence-electron chi connectivity index (χ2n) is 13.5. The summed E-state index contributed by atoms with van der Waals surface area (Å²) in [5, 5.41) is 32.1. The Hall–Kier alpha value is -5.30. The number of benzene rings is 1. The first-order valence-electron chi connectivity index (χ1n) is 17.3. The van der Waals surface area contributed by atoms with Crippen molar-refractivity contribution in [3.63, 3.8) is 0 Å². The maximum Gasteiger partial charge on any atom is 0.326 e. The summed E-state index contributed by atoms with van der Waals surface area (Å²) >= 11 is 0. The molecule has 0 saturated carbocycles. The number of primary amides is 1. The van der Waals surface area contributed by atoms with Crippen molar-refractivity contribution < 1.29 is 43.8 Å². The predicted octanol–water partition coefficient (Wildman–Crippen LogP) is -2.92. The predicted molar refractivity (Wildman–Crippen MR) is 195 cm³/mol. The standard InChI is InChI=1S/C34H56N10O9/c1-18(2)13-22(29(48)40-21(11-8-12-39-34(37)38)28(47)44-25(33(52)53)16-27(36)46)41-30(49)23(14-19(3)4)42-31(50)24(43-32(51)26(45)17-35)15-20-9-6-5-7-10-20/h5-7,9-10,18-19,21-26,45H,8,11-17,35H2,1-4H3,(H2,36,46)(H,40,48)(H,41,49)(H,42,50)(H,43,51)(H,44,47)(H,52,53)(H4,37,38,39)/t21-,22-,23+,24+,25+,26-/m1/s1. The van der Waals surface area contributed by atoms with E-state index in [4.69, 9.17) is 22.9 Å². The molecule has 19 heteroatoms. The molecule has 53 heavy (non-hydrogen) atoms. The Morgan fingerprint density at radius 1 is 0.679 bits per heavy atom. The third-order valence-electron chi connectivity index (χ3n) is 7.72. The van der Waals surface area contributed by atoms with Gasteiger partial charge in [0, 0.05) is 19.5 Å². The van der Waals surface area contributed by atoms with E-state index in [0.29, 0.717) is 5.56 Å². The molecule has 6 amide bonds. The Labute approximate surface area is 308 Å². The van der Waals surface area contributed by atoms with Crippen LogP contribution in [0.1, 0.15) is 65.4 Å². The van der Waals surface area contributed by atoms with E-state index in [1.807, 2.05) is 13.8 Å². The highest BCUT2D eigenvalue weighted by atomic mass is 16.4. The molecule has 0 aromatic heterocycles. The molecule has 19 nitrogen and oxygen atoms in total. The van der Waals surface area contributed by atoms with Crippen LogP contribution in [0.5, 0.6) is 0 Å². The van der Waals surface area contributed by atoms with Crippen LogP contribution in [0.3, 0.4) is 0 Å². The minimum Gasteiger partial charge on any atom is -0.480 e. The fourth-order valence-electron chi connectivity index (χ4n) is 5.10. The lowest BCUT2D eigenvalue weighted by Crippen LogP contribution is -2.59. The number of nitrogens with zero attached hydrogens (tertiary/aromatic N) is 1. The largest absolute Gasteiger partial charge is 0.480 e. The van der Waals surface area contributed by atoms with Gasteiger partial charge in [-0.3, -0.25) is 33.8 Å². The van der Waals surface area contributed by atoms with Crippen molar-refractivity contribution in [2.45, 2.75) is 103 Å². The average molecular weight is 749 g/mol. The Balaban J connectivity index is 3.33. The summed E-state index contributed by atoms with van der Waals surface area (Å²) in [6.07, 6.45) is -1.88. The number of aliphatic hydroxyl groups excluding tert-OH is 1. The van der Waals surface area contributed by atoms with Gasteiger partial charge in [0.25, 0.3) is 5.91 Å². The van der Waals surface area contributed by atoms with Crippen molar-refractivity contribution in [1.29, 1.82) is 0 Å². The number of hydrogen-bond donors (Lipinski definition) is 11. The van der Waals surface area contributed by atoms with E-state index in [1.165, 1.54) is 0 Å². The van der Waals surface area contributed by atoms with E-state index in [9.17, 15) is 43.8 Å². The second kappa shape index (κ2) is 23.3. The number of aliphatic hydroxyl groups is 1. The summed E-state index contributed by atoms with van der Waals surface area (Å²) in [5.74, 6) is -6.99. The van der Waals surface area contributed by atoms with Crippen LogP contribution < -0.4 is 49.5 Å². The molecular weight excluding hydrogens is 692 g/mol. The number of hydrogen-bond acceptors (Lipinski definition) is 10. The maximum atomic E-state index is 13.8. The van der Waals surface area contributed by atoms with Gasteiger partial charge in [-0.15, -0.1) is 0 Å². The molecule has 0 saturated heterocycles. The van der Waals surface area contributed by atoms with Crippen LogP contribution >= 0.6 is 0 Å². The minimum absolute atomic E-state index is 0.0267. The van der Waals surface area contributed by atoms with Gasteiger partial charge < -0.3 is 59.7 Å². The van der Waals surface area contributed by atoms with E-state index < -0.39 is 84.1 Å². The van der Waals surface area contributed by atoms with Crippen molar-refractivity contribution >= 4 is 47.4 Å². The molecule has 0 fully saturated rings. The Kier molecular flexibility index (Phi) is 20.1. The van der Waals surface area contributed by atoms with E-state index >= 15 is 0 Å². The van der Waals surface area contributed by atoms with Crippen molar-refractivity contribution in [2.75, 3.05) is 13.1 Å². The molecule has 1 aromatic carbocycles. The molecule has 0 aliphatic heterocycles. The van der Waals surface area contributed by atoms with Crippen LogP contribution in [0, 0.1) is 11.8 Å².